The average Bonchev–Trinajstić information content (AvgIpc) is 3.08. The van der Waals surface area contributed by atoms with Gasteiger partial charge in [0.15, 0.2) is 0 Å². The number of alkyl carbamates (subject to hydrolysis) is 1. The monoisotopic (exact) mass is 220 g/mol. The molecule has 0 spiro atoms. The van der Waals surface area contributed by atoms with Crippen LogP contribution in [0.5, 0.6) is 0 Å². The lowest BCUT2D eigenvalue weighted by atomic mass is 10.2. The molecule has 0 aliphatic heterocycles. The van der Waals surface area contributed by atoms with Gasteiger partial charge in [-0.1, -0.05) is 30.3 Å². The number of nitrogens with one attached hydrogen (secondary N) is 1. The third kappa shape index (κ3) is 2.73. The van der Waals surface area contributed by atoms with Crippen LogP contribution in [-0.4, -0.2) is 18.2 Å². The van der Waals surface area contributed by atoms with E-state index in [4.69, 9.17) is 10.5 Å². The summed E-state index contributed by atoms with van der Waals surface area (Å²) in [4.78, 5) is 11.4. The van der Waals surface area contributed by atoms with Crippen LogP contribution < -0.4 is 11.1 Å². The van der Waals surface area contributed by atoms with Crippen LogP contribution in [0.25, 0.3) is 0 Å². The number of ether oxygens (including phenoxy) is 1. The summed E-state index contributed by atoms with van der Waals surface area (Å²) in [6.07, 6.45) is 1.51. The number of carbonyl (C=O) groups excluding carboxylic acids is 1. The summed E-state index contributed by atoms with van der Waals surface area (Å²) in [6.45, 7) is 0.779. The molecule has 0 bridgehead atoms. The van der Waals surface area contributed by atoms with E-state index in [1.807, 2.05) is 30.3 Å². The molecular formula is C12H16N2O2. The van der Waals surface area contributed by atoms with Gasteiger partial charge in [-0.3, -0.25) is 0 Å². The van der Waals surface area contributed by atoms with Crippen LogP contribution in [0, 0.1) is 0 Å². The van der Waals surface area contributed by atoms with E-state index in [1.165, 1.54) is 0 Å². The van der Waals surface area contributed by atoms with Gasteiger partial charge in [0.05, 0.1) is 5.54 Å². The molecule has 1 aromatic carbocycles. The van der Waals surface area contributed by atoms with Crippen molar-refractivity contribution in [1.82, 2.24) is 5.32 Å². The molecule has 0 radical (unpaired) electrons. The topological polar surface area (TPSA) is 64.3 Å². The minimum absolute atomic E-state index is 0.187. The Kier molecular flexibility index (Phi) is 3.10. The summed E-state index contributed by atoms with van der Waals surface area (Å²) in [5, 5.41) is 2.80. The van der Waals surface area contributed by atoms with Crippen LogP contribution in [0.1, 0.15) is 18.4 Å². The van der Waals surface area contributed by atoms with E-state index in [0.29, 0.717) is 13.2 Å². The molecule has 1 aliphatic carbocycles. The lowest BCUT2D eigenvalue weighted by Crippen LogP contribution is -2.42. The summed E-state index contributed by atoms with van der Waals surface area (Å²) in [6, 6.07) is 9.60. The number of amides is 1. The van der Waals surface area contributed by atoms with Crippen LogP contribution in [-0.2, 0) is 11.3 Å². The lowest BCUT2D eigenvalue weighted by Gasteiger charge is -2.14. The first-order chi connectivity index (χ1) is 7.74. The van der Waals surface area contributed by atoms with Crippen LogP contribution in [0.2, 0.25) is 0 Å². The maximum Gasteiger partial charge on any atom is 0.407 e. The van der Waals surface area contributed by atoms with E-state index in [2.05, 4.69) is 5.32 Å². The second kappa shape index (κ2) is 4.53. The average molecular weight is 220 g/mol. The highest BCUT2D eigenvalue weighted by molar-refractivity contribution is 5.69. The first kappa shape index (κ1) is 11.0. The highest BCUT2D eigenvalue weighted by Crippen LogP contribution is 2.33. The number of nitrogens with two attached hydrogens (primary N) is 1. The van der Waals surface area contributed by atoms with Crippen molar-refractivity contribution < 1.29 is 9.53 Å². The summed E-state index contributed by atoms with van der Waals surface area (Å²) >= 11 is 0. The fraction of sp³-hybridized carbons (Fsp3) is 0.417. The Bertz CT molecular complexity index is 361. The van der Waals surface area contributed by atoms with Crippen molar-refractivity contribution in [3.63, 3.8) is 0 Å². The highest BCUT2D eigenvalue weighted by atomic mass is 16.5. The zero-order chi connectivity index (χ0) is 11.4. The van der Waals surface area contributed by atoms with Crippen LogP contribution in [0.3, 0.4) is 0 Å². The molecule has 1 saturated carbocycles. The van der Waals surface area contributed by atoms with Gasteiger partial charge in [-0.15, -0.1) is 0 Å². The molecule has 1 amide bonds. The number of hydrogen-bond acceptors (Lipinski definition) is 3. The SMILES string of the molecule is NCC1(NC(=O)OCc2ccccc2)CC1. The summed E-state index contributed by atoms with van der Waals surface area (Å²) in [7, 11) is 0. The Morgan fingerprint density at radius 3 is 2.62 bits per heavy atom. The van der Waals surface area contributed by atoms with Gasteiger partial charge in [0.2, 0.25) is 0 Å². The molecule has 86 valence electrons. The van der Waals surface area contributed by atoms with Gasteiger partial charge in [0.25, 0.3) is 0 Å². The largest absolute Gasteiger partial charge is 0.445 e. The molecular weight excluding hydrogens is 204 g/mol. The molecule has 4 heteroatoms. The van der Waals surface area contributed by atoms with E-state index >= 15 is 0 Å². The van der Waals surface area contributed by atoms with Gasteiger partial charge in [-0.25, -0.2) is 4.79 Å². The standard InChI is InChI=1S/C12H16N2O2/c13-9-12(6-7-12)14-11(15)16-8-10-4-2-1-3-5-10/h1-5H,6-9,13H2,(H,14,15). The lowest BCUT2D eigenvalue weighted by molar-refractivity contribution is 0.134. The smallest absolute Gasteiger partial charge is 0.407 e. The Morgan fingerprint density at radius 2 is 2.06 bits per heavy atom. The molecule has 16 heavy (non-hydrogen) atoms. The fourth-order valence-corrected chi connectivity index (χ4v) is 1.51. The van der Waals surface area contributed by atoms with E-state index in [9.17, 15) is 4.79 Å². The zero-order valence-electron chi connectivity index (χ0n) is 9.11. The van der Waals surface area contributed by atoms with Gasteiger partial charge in [-0.2, -0.15) is 0 Å². The Morgan fingerprint density at radius 1 is 1.38 bits per heavy atom. The van der Waals surface area contributed by atoms with Gasteiger partial charge in [0.1, 0.15) is 6.61 Å². The highest BCUT2D eigenvalue weighted by Gasteiger charge is 2.43. The molecule has 4 nitrogen and oxygen atoms in total. The van der Waals surface area contributed by atoms with Gasteiger partial charge in [-0.05, 0) is 18.4 Å². The Labute approximate surface area is 94.8 Å². The number of hydrogen-bond donors (Lipinski definition) is 2. The first-order valence-electron chi connectivity index (χ1n) is 5.43. The number of benzene rings is 1. The molecule has 0 heterocycles. The van der Waals surface area contributed by atoms with Crippen molar-refractivity contribution in [3.8, 4) is 0 Å². The third-order valence-corrected chi connectivity index (χ3v) is 2.82. The molecule has 1 aromatic rings. The molecule has 2 rings (SSSR count). The van der Waals surface area contributed by atoms with Gasteiger partial charge in [0, 0.05) is 6.54 Å². The number of rotatable bonds is 4. The summed E-state index contributed by atoms with van der Waals surface area (Å²) in [5.41, 5.74) is 6.35. The molecule has 0 saturated heterocycles. The Balaban J connectivity index is 1.76. The molecule has 0 aromatic heterocycles. The maximum absolute atomic E-state index is 11.4. The van der Waals surface area contributed by atoms with Crippen molar-refractivity contribution >= 4 is 6.09 Å². The van der Waals surface area contributed by atoms with Crippen molar-refractivity contribution in [2.24, 2.45) is 5.73 Å². The van der Waals surface area contributed by atoms with Crippen LogP contribution >= 0.6 is 0 Å². The molecule has 1 aliphatic rings. The fourth-order valence-electron chi connectivity index (χ4n) is 1.51. The van der Waals surface area contributed by atoms with Crippen molar-refractivity contribution in [2.45, 2.75) is 25.0 Å². The predicted octanol–water partition coefficient (Wildman–Crippen LogP) is 1.40. The van der Waals surface area contributed by atoms with E-state index in [1.54, 1.807) is 0 Å². The second-order valence-corrected chi connectivity index (χ2v) is 4.17. The summed E-state index contributed by atoms with van der Waals surface area (Å²) in [5.74, 6) is 0. The predicted molar refractivity (Wildman–Crippen MR) is 60.8 cm³/mol. The third-order valence-electron chi connectivity index (χ3n) is 2.82. The van der Waals surface area contributed by atoms with E-state index in [0.717, 1.165) is 18.4 Å². The zero-order valence-corrected chi connectivity index (χ0v) is 9.11. The molecule has 1 fully saturated rings. The normalized spacial score (nSPS) is 16.6. The van der Waals surface area contributed by atoms with Crippen LogP contribution in [0.15, 0.2) is 30.3 Å². The van der Waals surface area contributed by atoms with E-state index in [-0.39, 0.29) is 11.6 Å². The van der Waals surface area contributed by atoms with Crippen LogP contribution in [0.4, 0.5) is 4.79 Å². The minimum Gasteiger partial charge on any atom is -0.445 e. The molecule has 0 unspecified atom stereocenters. The first-order valence-corrected chi connectivity index (χ1v) is 5.43. The summed E-state index contributed by atoms with van der Waals surface area (Å²) < 4.78 is 5.10. The van der Waals surface area contributed by atoms with E-state index < -0.39 is 0 Å². The van der Waals surface area contributed by atoms with Crippen molar-refractivity contribution in [3.05, 3.63) is 35.9 Å². The quantitative estimate of drug-likeness (QED) is 0.806. The molecule has 0 atom stereocenters. The van der Waals surface area contributed by atoms with Crippen molar-refractivity contribution in [2.75, 3.05) is 6.54 Å². The number of carbonyl (C=O) groups is 1. The van der Waals surface area contributed by atoms with Gasteiger partial charge < -0.3 is 15.8 Å². The second-order valence-electron chi connectivity index (χ2n) is 4.17. The molecule has 3 N–H and O–H groups in total. The maximum atomic E-state index is 11.4. The van der Waals surface area contributed by atoms with Crippen molar-refractivity contribution in [1.29, 1.82) is 0 Å². The Hall–Kier alpha value is -1.55. The minimum atomic E-state index is -0.383. The van der Waals surface area contributed by atoms with Gasteiger partial charge >= 0.3 is 6.09 Å².